The van der Waals surface area contributed by atoms with E-state index >= 15 is 0 Å². The number of rotatable bonds is 1. The van der Waals surface area contributed by atoms with Crippen LogP contribution in [-0.4, -0.2) is 19.7 Å². The first-order chi connectivity index (χ1) is 6.66. The van der Waals surface area contributed by atoms with Gasteiger partial charge in [0.2, 0.25) is 0 Å². The van der Waals surface area contributed by atoms with Crippen molar-refractivity contribution < 1.29 is 0 Å². The third kappa shape index (κ3) is 1.44. The summed E-state index contributed by atoms with van der Waals surface area (Å²) in [5.74, 6) is 1.45. The molecule has 0 aliphatic heterocycles. The number of nitrogens with two attached hydrogens (primary N) is 1. The quantitative estimate of drug-likeness (QED) is 0.722. The van der Waals surface area contributed by atoms with Crippen LogP contribution in [0.1, 0.15) is 11.5 Å². The lowest BCUT2D eigenvalue weighted by atomic mass is 10.4. The van der Waals surface area contributed by atoms with E-state index < -0.39 is 0 Å². The zero-order chi connectivity index (χ0) is 10.1. The number of nitrogens with zero attached hydrogens (tertiary/aromatic N) is 4. The van der Waals surface area contributed by atoms with E-state index in [-0.39, 0.29) is 0 Å². The number of aryl methyl sites for hydroxylation is 2. The van der Waals surface area contributed by atoms with Crippen LogP contribution in [0.25, 0.3) is 5.82 Å². The first kappa shape index (κ1) is 8.68. The summed E-state index contributed by atoms with van der Waals surface area (Å²) in [4.78, 5) is 8.24. The fourth-order valence-corrected chi connectivity index (χ4v) is 1.16. The summed E-state index contributed by atoms with van der Waals surface area (Å²) < 4.78 is 1.65. The summed E-state index contributed by atoms with van der Waals surface area (Å²) in [7, 11) is 0. The smallest absolute Gasteiger partial charge is 0.157 e. The van der Waals surface area contributed by atoms with Gasteiger partial charge in [0.15, 0.2) is 5.82 Å². The van der Waals surface area contributed by atoms with E-state index in [1.165, 1.54) is 0 Å². The van der Waals surface area contributed by atoms with Gasteiger partial charge in [-0.05, 0) is 13.8 Å². The summed E-state index contributed by atoms with van der Waals surface area (Å²) >= 11 is 0. The Hall–Kier alpha value is -1.91. The SMILES string of the molecule is Cc1nccc(-n2cc(N)c(C)n2)n1. The fraction of sp³-hybridized carbons (Fsp3) is 0.222. The van der Waals surface area contributed by atoms with Gasteiger partial charge in [-0.15, -0.1) is 0 Å². The van der Waals surface area contributed by atoms with Gasteiger partial charge in [-0.2, -0.15) is 5.10 Å². The minimum atomic E-state index is 0.668. The molecule has 5 heteroatoms. The molecule has 5 nitrogen and oxygen atoms in total. The maximum absolute atomic E-state index is 5.69. The monoisotopic (exact) mass is 189 g/mol. The van der Waals surface area contributed by atoms with Gasteiger partial charge in [0.25, 0.3) is 0 Å². The summed E-state index contributed by atoms with van der Waals surface area (Å²) in [6, 6.07) is 1.79. The Bertz CT molecular complexity index is 440. The van der Waals surface area contributed by atoms with Crippen LogP contribution in [0.4, 0.5) is 5.69 Å². The second kappa shape index (κ2) is 3.10. The van der Waals surface area contributed by atoms with Crippen molar-refractivity contribution in [1.29, 1.82) is 0 Å². The molecule has 0 bridgehead atoms. The molecule has 2 N–H and O–H groups in total. The summed E-state index contributed by atoms with van der Waals surface area (Å²) in [6.07, 6.45) is 3.45. The molecule has 0 aliphatic rings. The van der Waals surface area contributed by atoms with Crippen LogP contribution in [0, 0.1) is 13.8 Å². The topological polar surface area (TPSA) is 69.6 Å². The van der Waals surface area contributed by atoms with E-state index in [1.807, 2.05) is 13.8 Å². The zero-order valence-corrected chi connectivity index (χ0v) is 8.10. The Morgan fingerprint density at radius 1 is 1.36 bits per heavy atom. The number of hydrogen-bond acceptors (Lipinski definition) is 4. The van der Waals surface area contributed by atoms with E-state index in [2.05, 4.69) is 15.1 Å². The van der Waals surface area contributed by atoms with Crippen molar-refractivity contribution in [3.05, 3.63) is 30.0 Å². The zero-order valence-electron chi connectivity index (χ0n) is 8.10. The lowest BCUT2D eigenvalue weighted by Gasteiger charge is -1.99. The Morgan fingerprint density at radius 3 is 2.71 bits per heavy atom. The molecule has 2 aromatic heterocycles. The van der Waals surface area contributed by atoms with Gasteiger partial charge >= 0.3 is 0 Å². The molecule has 2 aromatic rings. The molecule has 0 saturated carbocycles. The average molecular weight is 189 g/mol. The van der Waals surface area contributed by atoms with E-state index in [0.29, 0.717) is 11.5 Å². The summed E-state index contributed by atoms with van der Waals surface area (Å²) in [5.41, 5.74) is 7.16. The molecule has 0 saturated heterocycles. The van der Waals surface area contributed by atoms with Crippen LogP contribution in [0.5, 0.6) is 0 Å². The maximum Gasteiger partial charge on any atom is 0.157 e. The number of anilines is 1. The highest BCUT2D eigenvalue weighted by Crippen LogP contribution is 2.10. The normalized spacial score (nSPS) is 10.4. The Balaban J connectivity index is 2.49. The Morgan fingerprint density at radius 2 is 2.14 bits per heavy atom. The second-order valence-corrected chi connectivity index (χ2v) is 3.08. The van der Waals surface area contributed by atoms with Crippen molar-refractivity contribution in [3.8, 4) is 5.82 Å². The predicted octanol–water partition coefficient (Wildman–Crippen LogP) is 0.861. The predicted molar refractivity (Wildman–Crippen MR) is 53.0 cm³/mol. The molecule has 2 heterocycles. The molecule has 0 amide bonds. The van der Waals surface area contributed by atoms with E-state index in [9.17, 15) is 0 Å². The van der Waals surface area contributed by atoms with Crippen molar-refractivity contribution in [1.82, 2.24) is 19.7 Å². The molecule has 0 spiro atoms. The molecule has 0 aliphatic carbocycles. The molecule has 0 unspecified atom stereocenters. The second-order valence-electron chi connectivity index (χ2n) is 3.08. The van der Waals surface area contributed by atoms with Crippen LogP contribution in [0.2, 0.25) is 0 Å². The van der Waals surface area contributed by atoms with E-state index in [4.69, 9.17) is 5.73 Å². The highest BCUT2D eigenvalue weighted by Gasteiger charge is 2.03. The van der Waals surface area contributed by atoms with Gasteiger partial charge in [-0.1, -0.05) is 0 Å². The third-order valence-electron chi connectivity index (χ3n) is 1.93. The summed E-state index contributed by atoms with van der Waals surface area (Å²) in [5, 5.41) is 4.22. The largest absolute Gasteiger partial charge is 0.396 e. The molecule has 2 rings (SSSR count). The van der Waals surface area contributed by atoms with Crippen LogP contribution in [0.15, 0.2) is 18.5 Å². The molecule has 0 radical (unpaired) electrons. The Kier molecular flexibility index (Phi) is 1.92. The number of aromatic nitrogens is 4. The number of nitrogen functional groups attached to an aromatic ring is 1. The molecular formula is C9H11N5. The van der Waals surface area contributed by atoms with E-state index in [0.717, 1.165) is 11.5 Å². The highest BCUT2D eigenvalue weighted by atomic mass is 15.3. The van der Waals surface area contributed by atoms with Gasteiger partial charge in [0.05, 0.1) is 17.6 Å². The molecular weight excluding hydrogens is 178 g/mol. The molecule has 0 aromatic carbocycles. The summed E-state index contributed by atoms with van der Waals surface area (Å²) in [6.45, 7) is 3.70. The van der Waals surface area contributed by atoms with Crippen molar-refractivity contribution in [2.75, 3.05) is 5.73 Å². The van der Waals surface area contributed by atoms with Crippen molar-refractivity contribution in [2.24, 2.45) is 0 Å². The first-order valence-corrected chi connectivity index (χ1v) is 4.28. The van der Waals surface area contributed by atoms with Gasteiger partial charge in [0.1, 0.15) is 5.82 Å². The lowest BCUT2D eigenvalue weighted by molar-refractivity contribution is 0.816. The average Bonchev–Trinajstić information content (AvgIpc) is 2.47. The van der Waals surface area contributed by atoms with Crippen molar-refractivity contribution in [2.45, 2.75) is 13.8 Å². The standard InChI is InChI=1S/C9H11N5/c1-6-8(10)5-14(13-6)9-3-4-11-7(2)12-9/h3-5H,10H2,1-2H3. The molecule has 0 fully saturated rings. The van der Waals surface area contributed by atoms with Gasteiger partial charge in [-0.25, -0.2) is 14.6 Å². The van der Waals surface area contributed by atoms with Crippen molar-refractivity contribution in [3.63, 3.8) is 0 Å². The van der Waals surface area contributed by atoms with E-state index in [1.54, 1.807) is 23.1 Å². The highest BCUT2D eigenvalue weighted by molar-refractivity contribution is 5.41. The lowest BCUT2D eigenvalue weighted by Crippen LogP contribution is -2.00. The van der Waals surface area contributed by atoms with Crippen LogP contribution in [0.3, 0.4) is 0 Å². The maximum atomic E-state index is 5.69. The Labute approximate surface area is 81.6 Å². The van der Waals surface area contributed by atoms with Gasteiger partial charge in [-0.3, -0.25) is 0 Å². The minimum absolute atomic E-state index is 0.668. The molecule has 0 atom stereocenters. The third-order valence-corrected chi connectivity index (χ3v) is 1.93. The molecule has 14 heavy (non-hydrogen) atoms. The van der Waals surface area contributed by atoms with Crippen molar-refractivity contribution >= 4 is 5.69 Å². The van der Waals surface area contributed by atoms with Gasteiger partial charge < -0.3 is 5.73 Å². The van der Waals surface area contributed by atoms with Gasteiger partial charge in [0, 0.05) is 12.3 Å². The van der Waals surface area contributed by atoms with Crippen LogP contribution < -0.4 is 5.73 Å². The number of hydrogen-bond donors (Lipinski definition) is 1. The minimum Gasteiger partial charge on any atom is -0.396 e. The first-order valence-electron chi connectivity index (χ1n) is 4.28. The van der Waals surface area contributed by atoms with Crippen LogP contribution in [-0.2, 0) is 0 Å². The molecule has 72 valence electrons. The fourth-order valence-electron chi connectivity index (χ4n) is 1.16. The van der Waals surface area contributed by atoms with Crippen LogP contribution >= 0.6 is 0 Å².